The molecule has 0 fully saturated rings. The molecule has 0 aliphatic carbocycles. The lowest BCUT2D eigenvalue weighted by molar-refractivity contribution is -0.144. The quantitative estimate of drug-likeness (QED) is 0.687. The molecule has 118 valence electrons. The zero-order chi connectivity index (χ0) is 16.6. The maximum Gasteiger partial charge on any atom is 0.328 e. The summed E-state index contributed by atoms with van der Waals surface area (Å²) in [5.41, 5.74) is 2.07. The number of hydrogen-bond donors (Lipinski definition) is 0. The topological polar surface area (TPSA) is 79.0 Å². The smallest absolute Gasteiger partial charge is 0.328 e. The molecule has 0 amide bonds. The third kappa shape index (κ3) is 2.50. The van der Waals surface area contributed by atoms with E-state index in [1.165, 1.54) is 24.2 Å². The Kier molecular flexibility index (Phi) is 3.69. The SMILES string of the molecule is COC(=O)[C@@H](C)n1cnc2c(cnn2-c2ccc(C)cc2)c1=O. The zero-order valence-corrected chi connectivity index (χ0v) is 13.1. The van der Waals surface area contributed by atoms with E-state index in [4.69, 9.17) is 0 Å². The molecule has 0 saturated heterocycles. The van der Waals surface area contributed by atoms with Gasteiger partial charge in [-0.25, -0.2) is 14.5 Å². The van der Waals surface area contributed by atoms with Crippen molar-refractivity contribution in [2.75, 3.05) is 7.11 Å². The van der Waals surface area contributed by atoms with Crippen molar-refractivity contribution in [3.05, 3.63) is 52.7 Å². The highest BCUT2D eigenvalue weighted by atomic mass is 16.5. The molecule has 23 heavy (non-hydrogen) atoms. The average molecular weight is 312 g/mol. The van der Waals surface area contributed by atoms with Crippen LogP contribution in [0.5, 0.6) is 0 Å². The maximum absolute atomic E-state index is 12.6. The van der Waals surface area contributed by atoms with Crippen LogP contribution in [0.3, 0.4) is 0 Å². The fourth-order valence-electron chi connectivity index (χ4n) is 2.36. The van der Waals surface area contributed by atoms with Gasteiger partial charge in [0, 0.05) is 0 Å². The molecule has 0 N–H and O–H groups in total. The number of hydrogen-bond acceptors (Lipinski definition) is 5. The molecular formula is C16H16N4O3. The first-order chi connectivity index (χ1) is 11.0. The molecule has 1 atom stereocenters. The minimum absolute atomic E-state index is 0.328. The molecule has 0 unspecified atom stereocenters. The Hall–Kier alpha value is -2.96. The molecule has 0 spiro atoms. The fourth-order valence-corrected chi connectivity index (χ4v) is 2.36. The molecule has 0 bridgehead atoms. The van der Waals surface area contributed by atoms with Gasteiger partial charge in [-0.05, 0) is 26.0 Å². The van der Waals surface area contributed by atoms with Crippen LogP contribution in [0.1, 0.15) is 18.5 Å². The van der Waals surface area contributed by atoms with E-state index < -0.39 is 12.0 Å². The molecule has 1 aromatic carbocycles. The Morgan fingerprint density at radius 1 is 1.26 bits per heavy atom. The number of benzene rings is 1. The number of aryl methyl sites for hydroxylation is 1. The first kappa shape index (κ1) is 15.0. The van der Waals surface area contributed by atoms with Gasteiger partial charge >= 0.3 is 5.97 Å². The third-order valence-electron chi connectivity index (χ3n) is 3.75. The Labute approximate surface area is 132 Å². The summed E-state index contributed by atoms with van der Waals surface area (Å²) >= 11 is 0. The van der Waals surface area contributed by atoms with Gasteiger partial charge in [0.15, 0.2) is 5.65 Å². The standard InChI is InChI=1S/C16H16N4O3/c1-10-4-6-12(7-5-10)20-14-13(8-18-20)15(21)19(9-17-14)11(2)16(22)23-3/h4-9,11H,1-3H3/t11-/m1/s1. The van der Waals surface area contributed by atoms with Crippen LogP contribution in [0.15, 0.2) is 41.6 Å². The molecule has 3 rings (SSSR count). The fraction of sp³-hybridized carbons (Fsp3) is 0.250. The van der Waals surface area contributed by atoms with Crippen LogP contribution >= 0.6 is 0 Å². The van der Waals surface area contributed by atoms with E-state index in [-0.39, 0.29) is 5.56 Å². The second-order valence-corrected chi connectivity index (χ2v) is 5.29. The second kappa shape index (κ2) is 5.68. The molecule has 7 nitrogen and oxygen atoms in total. The number of carbonyl (C=O) groups is 1. The first-order valence-corrected chi connectivity index (χ1v) is 7.12. The number of methoxy groups -OCH3 is 1. The van der Waals surface area contributed by atoms with Crippen molar-refractivity contribution in [1.82, 2.24) is 19.3 Å². The number of esters is 1. The predicted molar refractivity (Wildman–Crippen MR) is 84.6 cm³/mol. The molecular weight excluding hydrogens is 296 g/mol. The molecule has 0 saturated carbocycles. The number of nitrogens with zero attached hydrogens (tertiary/aromatic N) is 4. The van der Waals surface area contributed by atoms with E-state index in [1.807, 2.05) is 31.2 Å². The van der Waals surface area contributed by atoms with E-state index in [0.29, 0.717) is 11.0 Å². The van der Waals surface area contributed by atoms with Crippen LogP contribution in [0.2, 0.25) is 0 Å². The Morgan fingerprint density at radius 2 is 1.96 bits per heavy atom. The zero-order valence-electron chi connectivity index (χ0n) is 13.1. The summed E-state index contributed by atoms with van der Waals surface area (Å²) < 4.78 is 7.52. The van der Waals surface area contributed by atoms with Crippen LogP contribution in [0.4, 0.5) is 0 Å². The monoisotopic (exact) mass is 312 g/mol. The minimum atomic E-state index is -0.743. The van der Waals surface area contributed by atoms with Crippen LogP contribution in [0, 0.1) is 6.92 Å². The summed E-state index contributed by atoms with van der Waals surface area (Å²) in [6, 6.07) is 7.00. The van der Waals surface area contributed by atoms with E-state index in [0.717, 1.165) is 11.3 Å². The van der Waals surface area contributed by atoms with Gasteiger partial charge in [-0.2, -0.15) is 5.10 Å². The van der Waals surface area contributed by atoms with Gasteiger partial charge in [-0.1, -0.05) is 17.7 Å². The highest BCUT2D eigenvalue weighted by molar-refractivity contribution is 5.77. The Morgan fingerprint density at radius 3 is 2.61 bits per heavy atom. The van der Waals surface area contributed by atoms with Gasteiger partial charge in [0.05, 0.1) is 19.0 Å². The summed E-state index contributed by atoms with van der Waals surface area (Å²) in [5.74, 6) is -0.501. The number of fused-ring (bicyclic) bond motifs is 1. The Bertz CT molecular complexity index is 925. The van der Waals surface area contributed by atoms with Gasteiger partial charge in [0.25, 0.3) is 5.56 Å². The molecule has 2 aromatic heterocycles. The van der Waals surface area contributed by atoms with Gasteiger partial charge < -0.3 is 4.74 Å². The Balaban J connectivity index is 2.13. The summed E-state index contributed by atoms with van der Waals surface area (Å²) in [7, 11) is 1.28. The van der Waals surface area contributed by atoms with E-state index in [1.54, 1.807) is 11.6 Å². The van der Waals surface area contributed by atoms with Crippen molar-refractivity contribution >= 4 is 17.0 Å². The summed E-state index contributed by atoms with van der Waals surface area (Å²) in [5, 5.41) is 4.60. The lowest BCUT2D eigenvalue weighted by atomic mass is 10.2. The molecule has 0 aliphatic rings. The van der Waals surface area contributed by atoms with Crippen molar-refractivity contribution in [3.63, 3.8) is 0 Å². The van der Waals surface area contributed by atoms with Gasteiger partial charge in [-0.15, -0.1) is 0 Å². The number of aromatic nitrogens is 4. The molecule has 3 aromatic rings. The maximum atomic E-state index is 12.6. The average Bonchev–Trinajstić information content (AvgIpc) is 2.99. The van der Waals surface area contributed by atoms with Crippen molar-refractivity contribution in [3.8, 4) is 5.69 Å². The molecule has 0 aliphatic heterocycles. The summed E-state index contributed by atoms with van der Waals surface area (Å²) in [4.78, 5) is 28.5. The van der Waals surface area contributed by atoms with Crippen LogP contribution < -0.4 is 5.56 Å². The van der Waals surface area contributed by atoms with Crippen molar-refractivity contribution in [2.24, 2.45) is 0 Å². The molecule has 2 heterocycles. The van der Waals surface area contributed by atoms with Crippen molar-refractivity contribution in [1.29, 1.82) is 0 Å². The van der Waals surface area contributed by atoms with Gasteiger partial charge in [0.2, 0.25) is 0 Å². The molecule has 7 heteroatoms. The molecule has 0 radical (unpaired) electrons. The highest BCUT2D eigenvalue weighted by Gasteiger charge is 2.19. The second-order valence-electron chi connectivity index (χ2n) is 5.29. The summed E-state index contributed by atoms with van der Waals surface area (Å²) in [6.45, 7) is 3.58. The minimum Gasteiger partial charge on any atom is -0.467 e. The van der Waals surface area contributed by atoms with Gasteiger partial charge in [0.1, 0.15) is 17.8 Å². The number of carbonyl (C=O) groups excluding carboxylic acids is 1. The van der Waals surface area contributed by atoms with E-state index in [2.05, 4.69) is 14.8 Å². The number of rotatable bonds is 3. The lowest BCUT2D eigenvalue weighted by Crippen LogP contribution is -2.29. The largest absolute Gasteiger partial charge is 0.467 e. The van der Waals surface area contributed by atoms with Crippen molar-refractivity contribution < 1.29 is 9.53 Å². The number of ether oxygens (including phenoxy) is 1. The van der Waals surface area contributed by atoms with E-state index >= 15 is 0 Å². The normalized spacial score (nSPS) is 12.3. The van der Waals surface area contributed by atoms with Crippen LogP contribution in [-0.4, -0.2) is 32.4 Å². The van der Waals surface area contributed by atoms with Crippen LogP contribution in [-0.2, 0) is 9.53 Å². The predicted octanol–water partition coefficient (Wildman–Crippen LogP) is 1.62. The van der Waals surface area contributed by atoms with E-state index in [9.17, 15) is 9.59 Å². The summed E-state index contributed by atoms with van der Waals surface area (Å²) in [6.07, 6.45) is 2.81. The van der Waals surface area contributed by atoms with Crippen molar-refractivity contribution in [2.45, 2.75) is 19.9 Å². The lowest BCUT2D eigenvalue weighted by Gasteiger charge is -2.12. The third-order valence-corrected chi connectivity index (χ3v) is 3.75. The van der Waals surface area contributed by atoms with Crippen LogP contribution in [0.25, 0.3) is 16.7 Å². The highest BCUT2D eigenvalue weighted by Crippen LogP contribution is 2.15. The van der Waals surface area contributed by atoms with Gasteiger partial charge in [-0.3, -0.25) is 9.36 Å². The first-order valence-electron chi connectivity index (χ1n) is 7.12.